The molecule has 5 nitrogen and oxygen atoms in total. The Labute approximate surface area is 157 Å². The van der Waals surface area contributed by atoms with Gasteiger partial charge in [0.1, 0.15) is 11.5 Å². The molecule has 0 saturated carbocycles. The van der Waals surface area contributed by atoms with Crippen molar-refractivity contribution in [2.45, 2.75) is 26.9 Å². The van der Waals surface area contributed by atoms with E-state index >= 15 is 0 Å². The van der Waals surface area contributed by atoms with Crippen molar-refractivity contribution in [2.75, 3.05) is 0 Å². The van der Waals surface area contributed by atoms with E-state index in [9.17, 15) is 4.79 Å². The molecule has 1 N–H and O–H groups in total. The van der Waals surface area contributed by atoms with E-state index in [1.54, 1.807) is 6.20 Å². The Morgan fingerprint density at radius 1 is 1.11 bits per heavy atom. The van der Waals surface area contributed by atoms with Crippen LogP contribution in [0.1, 0.15) is 33.1 Å². The van der Waals surface area contributed by atoms with Crippen LogP contribution in [0.2, 0.25) is 0 Å². The van der Waals surface area contributed by atoms with Crippen LogP contribution in [0.15, 0.2) is 65.2 Å². The second kappa shape index (κ2) is 7.11. The molecule has 4 aromatic rings. The molecule has 0 aliphatic rings. The minimum atomic E-state index is -0.140. The van der Waals surface area contributed by atoms with Gasteiger partial charge >= 0.3 is 0 Å². The van der Waals surface area contributed by atoms with Crippen molar-refractivity contribution in [1.82, 2.24) is 14.9 Å². The van der Waals surface area contributed by atoms with Crippen LogP contribution >= 0.6 is 0 Å². The number of aryl methyl sites for hydroxylation is 2. The van der Waals surface area contributed by atoms with Crippen molar-refractivity contribution in [3.63, 3.8) is 0 Å². The van der Waals surface area contributed by atoms with E-state index in [1.807, 2.05) is 54.0 Å². The summed E-state index contributed by atoms with van der Waals surface area (Å²) in [4.78, 5) is 17.1. The summed E-state index contributed by atoms with van der Waals surface area (Å²) in [5.41, 5.74) is 5.43. The molecule has 0 aliphatic carbocycles. The van der Waals surface area contributed by atoms with E-state index in [2.05, 4.69) is 29.4 Å². The lowest BCUT2D eigenvalue weighted by Crippen LogP contribution is -2.26. The second-order valence-electron chi connectivity index (χ2n) is 6.65. The van der Waals surface area contributed by atoms with Gasteiger partial charge in [0.2, 0.25) is 0 Å². The third-order valence-corrected chi connectivity index (χ3v) is 4.69. The maximum Gasteiger partial charge on any atom is 0.268 e. The van der Waals surface area contributed by atoms with Gasteiger partial charge in [-0.3, -0.25) is 9.78 Å². The molecule has 4 rings (SSSR count). The highest BCUT2D eigenvalue weighted by Crippen LogP contribution is 2.25. The van der Waals surface area contributed by atoms with E-state index in [4.69, 9.17) is 4.42 Å². The van der Waals surface area contributed by atoms with Gasteiger partial charge in [0, 0.05) is 24.9 Å². The van der Waals surface area contributed by atoms with Crippen LogP contribution in [0, 0.1) is 13.8 Å². The number of nitrogens with one attached hydrogen (secondary N) is 1. The van der Waals surface area contributed by atoms with Gasteiger partial charge in [-0.05, 0) is 37.1 Å². The smallest absolute Gasteiger partial charge is 0.268 e. The Bertz CT molecular complexity index is 1090. The van der Waals surface area contributed by atoms with Gasteiger partial charge in [-0.25, -0.2) is 0 Å². The fourth-order valence-corrected chi connectivity index (χ4v) is 3.25. The van der Waals surface area contributed by atoms with Crippen LogP contribution in [0.25, 0.3) is 11.1 Å². The predicted octanol–water partition coefficient (Wildman–Crippen LogP) is 4.22. The van der Waals surface area contributed by atoms with Gasteiger partial charge in [0.25, 0.3) is 5.91 Å². The Morgan fingerprint density at radius 2 is 1.93 bits per heavy atom. The monoisotopic (exact) mass is 359 g/mol. The molecule has 0 unspecified atom stereocenters. The van der Waals surface area contributed by atoms with Crippen LogP contribution in [0.5, 0.6) is 0 Å². The van der Waals surface area contributed by atoms with Gasteiger partial charge < -0.3 is 14.3 Å². The Morgan fingerprint density at radius 3 is 2.70 bits per heavy atom. The summed E-state index contributed by atoms with van der Waals surface area (Å²) < 4.78 is 7.77. The standard InChI is InChI=1S/C22H21N3O2/c1-15-7-3-4-8-17(15)14-25-19-11-16(2)27-21(19)12-20(25)22(26)24-13-18-9-5-6-10-23-18/h3-12H,13-14H2,1-2H3,(H,24,26). The number of fused-ring (bicyclic) bond motifs is 1. The van der Waals surface area contributed by atoms with Crippen molar-refractivity contribution in [2.24, 2.45) is 0 Å². The number of carbonyl (C=O) groups excluding carboxylic acids is 1. The summed E-state index contributed by atoms with van der Waals surface area (Å²) >= 11 is 0. The Hall–Kier alpha value is -3.34. The first-order chi connectivity index (χ1) is 13.1. The van der Waals surface area contributed by atoms with Crippen molar-refractivity contribution < 1.29 is 9.21 Å². The molecule has 0 radical (unpaired) electrons. The van der Waals surface area contributed by atoms with E-state index in [0.717, 1.165) is 22.6 Å². The number of aromatic nitrogens is 2. The van der Waals surface area contributed by atoms with E-state index < -0.39 is 0 Å². The molecule has 0 saturated heterocycles. The molecule has 1 aromatic carbocycles. The number of furan rings is 1. The first-order valence-electron chi connectivity index (χ1n) is 8.94. The zero-order valence-electron chi connectivity index (χ0n) is 15.4. The average molecular weight is 359 g/mol. The lowest BCUT2D eigenvalue weighted by Gasteiger charge is -2.12. The number of nitrogens with zero attached hydrogens (tertiary/aromatic N) is 2. The molecule has 3 aromatic heterocycles. The molecule has 3 heterocycles. The fraction of sp³-hybridized carbons (Fsp3) is 0.182. The molecular weight excluding hydrogens is 338 g/mol. The minimum Gasteiger partial charge on any atom is -0.460 e. The molecule has 0 spiro atoms. The minimum absolute atomic E-state index is 0.140. The molecule has 136 valence electrons. The number of hydrogen-bond acceptors (Lipinski definition) is 3. The molecule has 0 atom stereocenters. The number of benzene rings is 1. The van der Waals surface area contributed by atoms with E-state index in [1.165, 1.54) is 11.1 Å². The lowest BCUT2D eigenvalue weighted by atomic mass is 10.1. The van der Waals surface area contributed by atoms with Crippen LogP contribution < -0.4 is 5.32 Å². The number of pyridine rings is 1. The molecule has 0 bridgehead atoms. The molecular formula is C22H21N3O2. The van der Waals surface area contributed by atoms with Crippen LogP contribution in [-0.2, 0) is 13.1 Å². The first-order valence-corrected chi connectivity index (χ1v) is 8.94. The summed E-state index contributed by atoms with van der Waals surface area (Å²) in [6.45, 7) is 4.99. The highest BCUT2D eigenvalue weighted by molar-refractivity contribution is 5.97. The predicted molar refractivity (Wildman–Crippen MR) is 105 cm³/mol. The second-order valence-corrected chi connectivity index (χ2v) is 6.65. The third kappa shape index (κ3) is 3.49. The zero-order valence-corrected chi connectivity index (χ0v) is 15.4. The van der Waals surface area contributed by atoms with Gasteiger partial charge in [0.15, 0.2) is 5.58 Å². The first kappa shape index (κ1) is 17.1. The van der Waals surface area contributed by atoms with Crippen LogP contribution in [-0.4, -0.2) is 15.5 Å². The van der Waals surface area contributed by atoms with Gasteiger partial charge in [-0.15, -0.1) is 0 Å². The van der Waals surface area contributed by atoms with Crippen molar-refractivity contribution in [1.29, 1.82) is 0 Å². The van der Waals surface area contributed by atoms with Crippen LogP contribution in [0.3, 0.4) is 0 Å². The SMILES string of the molecule is Cc1cc2c(cc(C(=O)NCc3ccccn3)n2Cc2ccccc2C)o1. The molecule has 0 fully saturated rings. The molecule has 5 heteroatoms. The largest absolute Gasteiger partial charge is 0.460 e. The van der Waals surface area contributed by atoms with Crippen molar-refractivity contribution >= 4 is 17.0 Å². The highest BCUT2D eigenvalue weighted by atomic mass is 16.3. The van der Waals surface area contributed by atoms with Gasteiger partial charge in [-0.2, -0.15) is 0 Å². The zero-order chi connectivity index (χ0) is 18.8. The third-order valence-electron chi connectivity index (χ3n) is 4.69. The maximum atomic E-state index is 12.9. The average Bonchev–Trinajstić information content (AvgIpc) is 3.19. The summed E-state index contributed by atoms with van der Waals surface area (Å²) in [5, 5.41) is 2.96. The fourth-order valence-electron chi connectivity index (χ4n) is 3.25. The summed E-state index contributed by atoms with van der Waals surface area (Å²) in [6, 6.07) is 17.7. The lowest BCUT2D eigenvalue weighted by molar-refractivity contribution is 0.0942. The summed E-state index contributed by atoms with van der Waals surface area (Å²) in [7, 11) is 0. The highest BCUT2D eigenvalue weighted by Gasteiger charge is 2.19. The van der Waals surface area contributed by atoms with Crippen LogP contribution in [0.4, 0.5) is 0 Å². The Balaban J connectivity index is 1.66. The number of amides is 1. The normalized spacial score (nSPS) is 11.0. The van der Waals surface area contributed by atoms with Gasteiger partial charge in [0.05, 0.1) is 17.8 Å². The number of rotatable bonds is 5. The van der Waals surface area contributed by atoms with Crippen molar-refractivity contribution in [3.8, 4) is 0 Å². The quantitative estimate of drug-likeness (QED) is 0.580. The Kier molecular flexibility index (Phi) is 4.50. The van der Waals surface area contributed by atoms with E-state index in [0.29, 0.717) is 18.8 Å². The maximum absolute atomic E-state index is 12.9. The molecule has 1 amide bonds. The number of carbonyl (C=O) groups is 1. The van der Waals surface area contributed by atoms with Crippen molar-refractivity contribution in [3.05, 3.63) is 89.1 Å². The summed E-state index contributed by atoms with van der Waals surface area (Å²) in [5.74, 6) is 0.692. The topological polar surface area (TPSA) is 60.1 Å². The molecule has 27 heavy (non-hydrogen) atoms. The number of hydrogen-bond donors (Lipinski definition) is 1. The molecule has 0 aliphatic heterocycles. The van der Waals surface area contributed by atoms with E-state index in [-0.39, 0.29) is 5.91 Å². The van der Waals surface area contributed by atoms with Gasteiger partial charge in [-0.1, -0.05) is 30.3 Å². The summed E-state index contributed by atoms with van der Waals surface area (Å²) in [6.07, 6.45) is 1.72.